The van der Waals surface area contributed by atoms with E-state index in [0.29, 0.717) is 24.0 Å². The summed E-state index contributed by atoms with van der Waals surface area (Å²) in [7, 11) is 0. The maximum atomic E-state index is 12.1. The van der Waals surface area contributed by atoms with Crippen LogP contribution >= 0.6 is 0 Å². The minimum Gasteiger partial charge on any atom is -0.370 e. The summed E-state index contributed by atoms with van der Waals surface area (Å²) in [6.45, 7) is 6.29. The van der Waals surface area contributed by atoms with Crippen molar-refractivity contribution in [3.63, 3.8) is 0 Å². The highest BCUT2D eigenvalue weighted by Crippen LogP contribution is 2.20. The number of aromatic nitrogens is 2. The summed E-state index contributed by atoms with van der Waals surface area (Å²) < 4.78 is 36.2. The van der Waals surface area contributed by atoms with Crippen LogP contribution in [0.3, 0.4) is 0 Å². The van der Waals surface area contributed by atoms with Crippen molar-refractivity contribution >= 4 is 11.6 Å². The molecule has 0 aliphatic heterocycles. The molecular weight excluding hydrogens is 257 g/mol. The number of hydrogen-bond acceptors (Lipinski definition) is 4. The third kappa shape index (κ3) is 5.76. The summed E-state index contributed by atoms with van der Waals surface area (Å²) in [5.74, 6) is 1.75. The highest BCUT2D eigenvalue weighted by atomic mass is 19.4. The van der Waals surface area contributed by atoms with Crippen molar-refractivity contribution in [3.8, 4) is 0 Å². The Bertz CT molecular complexity index is 404. The second kappa shape index (κ2) is 6.58. The maximum absolute atomic E-state index is 12.1. The molecule has 1 rings (SSSR count). The average Bonchev–Trinajstić information content (AvgIpc) is 2.27. The molecule has 0 fully saturated rings. The van der Waals surface area contributed by atoms with Crippen molar-refractivity contribution < 1.29 is 13.2 Å². The molecule has 0 spiro atoms. The Morgan fingerprint density at radius 3 is 2.21 bits per heavy atom. The highest BCUT2D eigenvalue weighted by molar-refractivity contribution is 5.47. The van der Waals surface area contributed by atoms with Gasteiger partial charge in [0.25, 0.3) is 0 Å². The second-order valence-corrected chi connectivity index (χ2v) is 4.47. The van der Waals surface area contributed by atoms with Gasteiger partial charge in [0.2, 0.25) is 0 Å². The number of rotatable bonds is 6. The van der Waals surface area contributed by atoms with Crippen LogP contribution in [0.15, 0.2) is 6.07 Å². The first-order chi connectivity index (χ1) is 8.81. The first-order valence-corrected chi connectivity index (χ1v) is 6.25. The van der Waals surface area contributed by atoms with Crippen LogP contribution in [-0.2, 0) is 0 Å². The number of nitrogens with zero attached hydrogens (tertiary/aromatic N) is 2. The molecule has 7 heteroatoms. The van der Waals surface area contributed by atoms with Crippen molar-refractivity contribution in [2.24, 2.45) is 0 Å². The molecule has 1 heterocycles. The van der Waals surface area contributed by atoms with E-state index in [-0.39, 0.29) is 12.5 Å². The maximum Gasteiger partial charge on any atom is 0.390 e. The minimum atomic E-state index is -4.16. The Kier molecular flexibility index (Phi) is 5.38. The van der Waals surface area contributed by atoms with E-state index in [1.165, 1.54) is 0 Å². The molecule has 0 saturated carbocycles. The Balaban J connectivity index is 2.75. The predicted octanol–water partition coefficient (Wildman–Crippen LogP) is 3.40. The molecule has 2 N–H and O–H groups in total. The summed E-state index contributed by atoms with van der Waals surface area (Å²) in [6, 6.07) is 1.62. The number of alkyl halides is 3. The molecule has 1 aromatic heterocycles. The first kappa shape index (κ1) is 15.5. The van der Waals surface area contributed by atoms with E-state index < -0.39 is 12.6 Å². The number of anilines is 2. The molecule has 0 radical (unpaired) electrons. The molecule has 4 nitrogen and oxygen atoms in total. The average molecular weight is 276 g/mol. The molecule has 0 saturated heterocycles. The summed E-state index contributed by atoms with van der Waals surface area (Å²) in [5.41, 5.74) is 0. The normalized spacial score (nSPS) is 11.7. The van der Waals surface area contributed by atoms with E-state index in [0.717, 1.165) is 0 Å². The summed E-state index contributed by atoms with van der Waals surface area (Å²) >= 11 is 0. The van der Waals surface area contributed by atoms with Gasteiger partial charge in [-0.15, -0.1) is 0 Å². The largest absolute Gasteiger partial charge is 0.390 e. The van der Waals surface area contributed by atoms with Crippen molar-refractivity contribution in [3.05, 3.63) is 11.9 Å². The van der Waals surface area contributed by atoms with E-state index in [4.69, 9.17) is 0 Å². The van der Waals surface area contributed by atoms with Gasteiger partial charge in [-0.25, -0.2) is 9.97 Å². The fraction of sp³-hybridized carbons (Fsp3) is 0.667. The third-order valence-electron chi connectivity index (χ3n) is 2.33. The molecule has 0 aromatic carbocycles. The number of halogens is 3. The molecule has 108 valence electrons. The lowest BCUT2D eigenvalue weighted by atomic mass is 10.2. The molecule has 0 amide bonds. The van der Waals surface area contributed by atoms with E-state index in [2.05, 4.69) is 20.6 Å². The topological polar surface area (TPSA) is 49.8 Å². The van der Waals surface area contributed by atoms with Gasteiger partial charge in [0.05, 0.1) is 6.42 Å². The lowest BCUT2D eigenvalue weighted by Crippen LogP contribution is -2.16. The quantitative estimate of drug-likeness (QED) is 0.836. The van der Waals surface area contributed by atoms with Crippen LogP contribution in [0.5, 0.6) is 0 Å². The fourth-order valence-electron chi connectivity index (χ4n) is 1.42. The van der Waals surface area contributed by atoms with E-state index in [1.54, 1.807) is 6.07 Å². The Morgan fingerprint density at radius 1 is 1.16 bits per heavy atom. The van der Waals surface area contributed by atoms with Gasteiger partial charge in [0.15, 0.2) is 0 Å². The third-order valence-corrected chi connectivity index (χ3v) is 2.33. The zero-order valence-electron chi connectivity index (χ0n) is 11.3. The molecule has 0 bridgehead atoms. The van der Waals surface area contributed by atoms with E-state index >= 15 is 0 Å². The zero-order chi connectivity index (χ0) is 14.5. The van der Waals surface area contributed by atoms with Gasteiger partial charge in [0.1, 0.15) is 17.5 Å². The van der Waals surface area contributed by atoms with Crippen molar-refractivity contribution in [2.45, 2.75) is 39.3 Å². The molecular formula is C12H19F3N4. The van der Waals surface area contributed by atoms with Gasteiger partial charge in [-0.1, -0.05) is 13.8 Å². The fourth-order valence-corrected chi connectivity index (χ4v) is 1.42. The second-order valence-electron chi connectivity index (χ2n) is 4.47. The van der Waals surface area contributed by atoms with Gasteiger partial charge >= 0.3 is 6.18 Å². The predicted molar refractivity (Wildman–Crippen MR) is 69.4 cm³/mol. The van der Waals surface area contributed by atoms with Gasteiger partial charge in [0, 0.05) is 25.1 Å². The lowest BCUT2D eigenvalue weighted by molar-refractivity contribution is -0.131. The molecule has 19 heavy (non-hydrogen) atoms. The molecule has 0 aliphatic carbocycles. The minimum absolute atomic E-state index is 0.113. The van der Waals surface area contributed by atoms with Gasteiger partial charge in [-0.3, -0.25) is 0 Å². The Labute approximate surface area is 110 Å². The van der Waals surface area contributed by atoms with Gasteiger partial charge < -0.3 is 10.6 Å². The Morgan fingerprint density at radius 2 is 1.74 bits per heavy atom. The Hall–Kier alpha value is -1.53. The van der Waals surface area contributed by atoms with Crippen molar-refractivity contribution in [2.75, 3.05) is 23.7 Å². The lowest BCUT2D eigenvalue weighted by Gasteiger charge is -2.12. The zero-order valence-corrected chi connectivity index (χ0v) is 11.3. The van der Waals surface area contributed by atoms with Crippen LogP contribution in [0.1, 0.15) is 38.9 Å². The molecule has 0 atom stereocenters. The van der Waals surface area contributed by atoms with Crippen molar-refractivity contribution in [1.29, 1.82) is 0 Å². The molecule has 1 aromatic rings. The van der Waals surface area contributed by atoms with Gasteiger partial charge in [-0.05, 0) is 6.92 Å². The summed E-state index contributed by atoms with van der Waals surface area (Å²) in [5, 5.41) is 5.72. The van der Waals surface area contributed by atoms with Crippen LogP contribution in [0.25, 0.3) is 0 Å². The monoisotopic (exact) mass is 276 g/mol. The standard InChI is InChI=1S/C12H19F3N4/c1-4-16-9-7-10(17-6-5-12(13,14)15)19-11(18-9)8(2)3/h7-8H,4-6H2,1-3H3,(H2,16,17,18,19). The van der Waals surface area contributed by atoms with Crippen LogP contribution < -0.4 is 10.6 Å². The molecule has 0 aliphatic rings. The highest BCUT2D eigenvalue weighted by Gasteiger charge is 2.26. The first-order valence-electron chi connectivity index (χ1n) is 6.25. The van der Waals surface area contributed by atoms with E-state index in [9.17, 15) is 13.2 Å². The summed E-state index contributed by atoms with van der Waals surface area (Å²) in [4.78, 5) is 8.50. The summed E-state index contributed by atoms with van der Waals surface area (Å²) in [6.07, 6.45) is -5.05. The number of hydrogen-bond donors (Lipinski definition) is 2. The van der Waals surface area contributed by atoms with Crippen LogP contribution in [-0.4, -0.2) is 29.2 Å². The van der Waals surface area contributed by atoms with Crippen LogP contribution in [0.2, 0.25) is 0 Å². The SMILES string of the molecule is CCNc1cc(NCCC(F)(F)F)nc(C(C)C)n1. The van der Waals surface area contributed by atoms with Gasteiger partial charge in [-0.2, -0.15) is 13.2 Å². The number of nitrogens with one attached hydrogen (secondary N) is 2. The van der Waals surface area contributed by atoms with E-state index in [1.807, 2.05) is 20.8 Å². The smallest absolute Gasteiger partial charge is 0.370 e. The van der Waals surface area contributed by atoms with Crippen LogP contribution in [0.4, 0.5) is 24.8 Å². The van der Waals surface area contributed by atoms with Crippen LogP contribution in [0, 0.1) is 0 Å². The van der Waals surface area contributed by atoms with Crippen molar-refractivity contribution in [1.82, 2.24) is 9.97 Å². The molecule has 0 unspecified atom stereocenters.